The maximum Gasteiger partial charge on any atom is 0.264 e. The normalized spacial score (nSPS) is 12.6. The Labute approximate surface area is 265 Å². The van der Waals surface area contributed by atoms with Crippen LogP contribution in [0.4, 0.5) is 5.69 Å². The predicted octanol–water partition coefficient (Wildman–Crippen LogP) is 6.40. The number of anilines is 1. The fourth-order valence-electron chi connectivity index (χ4n) is 4.82. The third-order valence-electron chi connectivity index (χ3n) is 7.44. The zero-order valence-electron chi connectivity index (χ0n) is 25.2. The molecule has 0 radical (unpaired) electrons. The SMILES string of the molecule is CCC(C)NC(=O)C(Cc1ccccc1)N(Cc1ccccc1)C(=O)CN(c1cccc(C)c1)S(=O)(=O)c1ccc(Cl)cc1. The molecule has 0 aromatic heterocycles. The minimum atomic E-state index is -4.19. The van der Waals surface area contributed by atoms with Gasteiger partial charge in [-0.2, -0.15) is 0 Å². The van der Waals surface area contributed by atoms with Crippen LogP contribution in [0.25, 0.3) is 0 Å². The second-order valence-electron chi connectivity index (χ2n) is 10.8. The molecule has 4 rings (SSSR count). The van der Waals surface area contributed by atoms with Gasteiger partial charge in [0, 0.05) is 24.0 Å². The van der Waals surface area contributed by atoms with E-state index in [1.165, 1.54) is 29.2 Å². The summed E-state index contributed by atoms with van der Waals surface area (Å²) < 4.78 is 29.3. The van der Waals surface area contributed by atoms with E-state index in [4.69, 9.17) is 11.6 Å². The average Bonchev–Trinajstić information content (AvgIpc) is 3.02. The van der Waals surface area contributed by atoms with E-state index in [0.717, 1.165) is 27.4 Å². The van der Waals surface area contributed by atoms with Gasteiger partial charge in [0.05, 0.1) is 10.6 Å². The van der Waals surface area contributed by atoms with Gasteiger partial charge >= 0.3 is 0 Å². The highest BCUT2D eigenvalue weighted by molar-refractivity contribution is 7.92. The van der Waals surface area contributed by atoms with E-state index in [-0.39, 0.29) is 29.8 Å². The van der Waals surface area contributed by atoms with E-state index in [0.29, 0.717) is 10.7 Å². The molecule has 0 spiro atoms. The summed E-state index contributed by atoms with van der Waals surface area (Å²) in [6.45, 7) is 5.36. The third-order valence-corrected chi connectivity index (χ3v) is 9.48. The number of nitrogens with zero attached hydrogens (tertiary/aromatic N) is 2. The molecule has 0 aliphatic heterocycles. The molecule has 7 nitrogen and oxygen atoms in total. The van der Waals surface area contributed by atoms with Crippen LogP contribution < -0.4 is 9.62 Å². The molecule has 4 aromatic carbocycles. The number of hydrogen-bond acceptors (Lipinski definition) is 4. The van der Waals surface area contributed by atoms with Crippen molar-refractivity contribution in [2.75, 3.05) is 10.8 Å². The van der Waals surface area contributed by atoms with Crippen molar-refractivity contribution >= 4 is 39.1 Å². The molecule has 0 aliphatic rings. The van der Waals surface area contributed by atoms with Crippen LogP contribution in [0.5, 0.6) is 0 Å². The monoisotopic (exact) mass is 631 g/mol. The third kappa shape index (κ3) is 8.49. The number of carbonyl (C=O) groups is 2. The lowest BCUT2D eigenvalue weighted by Gasteiger charge is -2.34. The maximum absolute atomic E-state index is 14.5. The van der Waals surface area contributed by atoms with E-state index in [2.05, 4.69) is 5.32 Å². The second kappa shape index (κ2) is 15.0. The summed E-state index contributed by atoms with van der Waals surface area (Å²) in [5.41, 5.74) is 2.88. The van der Waals surface area contributed by atoms with Crippen LogP contribution in [0, 0.1) is 6.92 Å². The molecular formula is C35H38ClN3O4S. The first-order valence-corrected chi connectivity index (χ1v) is 16.4. The zero-order valence-corrected chi connectivity index (χ0v) is 26.8. The molecule has 0 heterocycles. The van der Waals surface area contributed by atoms with Gasteiger partial charge in [0.25, 0.3) is 10.0 Å². The van der Waals surface area contributed by atoms with Gasteiger partial charge in [0.1, 0.15) is 12.6 Å². The number of carbonyl (C=O) groups excluding carboxylic acids is 2. The fraction of sp³-hybridized carbons (Fsp3) is 0.257. The Morgan fingerprint density at radius 2 is 1.45 bits per heavy atom. The van der Waals surface area contributed by atoms with Crippen LogP contribution in [0.1, 0.15) is 37.0 Å². The van der Waals surface area contributed by atoms with Crippen LogP contribution in [-0.4, -0.2) is 43.8 Å². The maximum atomic E-state index is 14.5. The van der Waals surface area contributed by atoms with Crippen LogP contribution in [0.2, 0.25) is 5.02 Å². The van der Waals surface area contributed by atoms with E-state index in [1.54, 1.807) is 18.2 Å². The van der Waals surface area contributed by atoms with Gasteiger partial charge < -0.3 is 10.2 Å². The first kappa shape index (κ1) is 32.8. The van der Waals surface area contributed by atoms with Crippen molar-refractivity contribution in [2.45, 2.75) is 57.1 Å². The van der Waals surface area contributed by atoms with Gasteiger partial charge in [-0.1, -0.05) is 91.3 Å². The van der Waals surface area contributed by atoms with Crippen molar-refractivity contribution in [1.29, 1.82) is 0 Å². The number of aryl methyl sites for hydroxylation is 1. The van der Waals surface area contributed by atoms with Crippen molar-refractivity contribution < 1.29 is 18.0 Å². The molecule has 1 N–H and O–H groups in total. The highest BCUT2D eigenvalue weighted by atomic mass is 35.5. The van der Waals surface area contributed by atoms with Crippen molar-refractivity contribution in [3.05, 3.63) is 131 Å². The number of rotatable bonds is 13. The Balaban J connectivity index is 1.79. The van der Waals surface area contributed by atoms with Gasteiger partial charge in [0.15, 0.2) is 0 Å². The summed E-state index contributed by atoms with van der Waals surface area (Å²) in [6.07, 6.45) is 0.979. The molecule has 2 atom stereocenters. The molecule has 0 saturated heterocycles. The topological polar surface area (TPSA) is 86.8 Å². The molecule has 2 amide bonds. The summed E-state index contributed by atoms with van der Waals surface area (Å²) in [6, 6.07) is 30.7. The average molecular weight is 632 g/mol. The van der Waals surface area contributed by atoms with Crippen molar-refractivity contribution in [2.24, 2.45) is 0 Å². The summed E-state index contributed by atoms with van der Waals surface area (Å²) in [7, 11) is -4.19. The van der Waals surface area contributed by atoms with Gasteiger partial charge in [-0.05, 0) is 73.4 Å². The lowest BCUT2D eigenvalue weighted by atomic mass is 10.0. The Kier molecular flexibility index (Phi) is 11.2. The summed E-state index contributed by atoms with van der Waals surface area (Å²) in [5.74, 6) is -0.803. The van der Waals surface area contributed by atoms with Crippen LogP contribution in [-0.2, 0) is 32.6 Å². The highest BCUT2D eigenvalue weighted by Crippen LogP contribution is 2.26. The predicted molar refractivity (Wildman–Crippen MR) is 176 cm³/mol. The van der Waals surface area contributed by atoms with Gasteiger partial charge in [-0.25, -0.2) is 8.42 Å². The number of nitrogens with one attached hydrogen (secondary N) is 1. The molecule has 0 aliphatic carbocycles. The number of sulfonamides is 1. The minimum absolute atomic E-state index is 0.00108. The summed E-state index contributed by atoms with van der Waals surface area (Å²) in [4.78, 5) is 29.8. The molecule has 0 saturated carbocycles. The fourth-order valence-corrected chi connectivity index (χ4v) is 6.35. The number of benzene rings is 4. The zero-order chi connectivity index (χ0) is 31.7. The Morgan fingerprint density at radius 3 is 2.05 bits per heavy atom. The van der Waals surface area contributed by atoms with Crippen LogP contribution in [0.15, 0.2) is 114 Å². The molecule has 0 bridgehead atoms. The van der Waals surface area contributed by atoms with E-state index in [1.807, 2.05) is 87.5 Å². The van der Waals surface area contributed by atoms with E-state index >= 15 is 0 Å². The molecular weight excluding hydrogens is 594 g/mol. The van der Waals surface area contributed by atoms with Gasteiger partial charge in [-0.15, -0.1) is 0 Å². The van der Waals surface area contributed by atoms with Crippen LogP contribution >= 0.6 is 11.6 Å². The summed E-state index contributed by atoms with van der Waals surface area (Å²) in [5, 5.41) is 3.44. The van der Waals surface area contributed by atoms with Gasteiger partial charge in [-0.3, -0.25) is 13.9 Å². The second-order valence-corrected chi connectivity index (χ2v) is 13.1. The minimum Gasteiger partial charge on any atom is -0.352 e. The Hall–Kier alpha value is -4.14. The summed E-state index contributed by atoms with van der Waals surface area (Å²) >= 11 is 6.05. The first-order chi connectivity index (χ1) is 21.1. The highest BCUT2D eigenvalue weighted by Gasteiger charge is 2.35. The van der Waals surface area contributed by atoms with Crippen molar-refractivity contribution in [3.63, 3.8) is 0 Å². The van der Waals surface area contributed by atoms with E-state index in [9.17, 15) is 18.0 Å². The number of hydrogen-bond donors (Lipinski definition) is 1. The Morgan fingerprint density at radius 1 is 0.841 bits per heavy atom. The lowest BCUT2D eigenvalue weighted by molar-refractivity contribution is -0.140. The van der Waals surface area contributed by atoms with Gasteiger partial charge in [0.2, 0.25) is 11.8 Å². The Bertz CT molecular complexity index is 1650. The van der Waals surface area contributed by atoms with Crippen molar-refractivity contribution in [3.8, 4) is 0 Å². The molecule has 9 heteroatoms. The molecule has 2 unspecified atom stereocenters. The number of halogens is 1. The smallest absolute Gasteiger partial charge is 0.264 e. The molecule has 0 fully saturated rings. The van der Waals surface area contributed by atoms with Crippen LogP contribution in [0.3, 0.4) is 0 Å². The largest absolute Gasteiger partial charge is 0.352 e. The quantitative estimate of drug-likeness (QED) is 0.185. The van der Waals surface area contributed by atoms with E-state index < -0.39 is 28.5 Å². The van der Waals surface area contributed by atoms with Crippen molar-refractivity contribution in [1.82, 2.24) is 10.2 Å². The lowest BCUT2D eigenvalue weighted by Crippen LogP contribution is -2.54. The molecule has 4 aromatic rings. The molecule has 230 valence electrons. The number of amides is 2. The first-order valence-electron chi connectivity index (χ1n) is 14.6. The standard InChI is InChI=1S/C35H38ClN3O4S/c1-4-27(3)37-35(41)33(23-28-13-7-5-8-14-28)38(24-29-15-9-6-10-16-29)34(40)25-39(31-17-11-12-26(2)22-31)44(42,43)32-20-18-30(36)19-21-32/h5-22,27,33H,4,23-25H2,1-3H3,(H,37,41). The molecule has 44 heavy (non-hydrogen) atoms.